The second-order valence-corrected chi connectivity index (χ2v) is 5.52. The number of ether oxygens (including phenoxy) is 3. The molecule has 0 aromatic heterocycles. The minimum Gasteiger partial charge on any atom is -0.493 e. The van der Waals surface area contributed by atoms with Crippen LogP contribution >= 0.6 is 0 Å². The Bertz CT molecular complexity index is 384. The molecule has 0 bridgehead atoms. The fourth-order valence-electron chi connectivity index (χ4n) is 1.73. The van der Waals surface area contributed by atoms with Crippen molar-refractivity contribution < 1.29 is 19.3 Å². The molecule has 1 aromatic rings. The highest BCUT2D eigenvalue weighted by atomic mass is 16.5. The smallest absolute Gasteiger partial charge is 0.125 e. The molecule has 0 aliphatic carbocycles. The Morgan fingerprint density at radius 2 is 1.85 bits per heavy atom. The first-order valence-corrected chi connectivity index (χ1v) is 7.05. The van der Waals surface area contributed by atoms with E-state index >= 15 is 0 Å². The zero-order valence-electron chi connectivity index (χ0n) is 12.9. The van der Waals surface area contributed by atoms with Crippen molar-refractivity contribution in [2.75, 3.05) is 26.4 Å². The summed E-state index contributed by atoms with van der Waals surface area (Å²) in [6.07, 6.45) is -0.688. The van der Waals surface area contributed by atoms with Crippen LogP contribution < -0.4 is 4.74 Å². The second-order valence-electron chi connectivity index (χ2n) is 5.52. The number of hydrogen-bond acceptors (Lipinski definition) is 4. The Hall–Kier alpha value is -1.10. The standard InChI is InChI=1S/C16H26O4/c1-5-19-15-9-7-6-8-13(15)14(17)12-18-10-11-20-16(2,3)4/h6-9,14,17H,5,10-12H2,1-4H3. The maximum atomic E-state index is 10.1. The van der Waals surface area contributed by atoms with Crippen molar-refractivity contribution in [1.29, 1.82) is 0 Å². The zero-order chi connectivity index (χ0) is 15.0. The fraction of sp³-hybridized carbons (Fsp3) is 0.625. The predicted molar refractivity (Wildman–Crippen MR) is 79.1 cm³/mol. The van der Waals surface area contributed by atoms with Gasteiger partial charge in [-0.2, -0.15) is 0 Å². The summed E-state index contributed by atoms with van der Waals surface area (Å²) in [5, 5.41) is 10.1. The van der Waals surface area contributed by atoms with Crippen LogP contribution in [0.15, 0.2) is 24.3 Å². The first-order valence-electron chi connectivity index (χ1n) is 7.05. The van der Waals surface area contributed by atoms with E-state index in [1.807, 2.05) is 52.0 Å². The van der Waals surface area contributed by atoms with Crippen LogP contribution in [0.25, 0.3) is 0 Å². The average Bonchev–Trinajstić information content (AvgIpc) is 2.38. The van der Waals surface area contributed by atoms with Crippen molar-refractivity contribution in [3.63, 3.8) is 0 Å². The normalized spacial score (nSPS) is 13.2. The largest absolute Gasteiger partial charge is 0.493 e. The molecule has 0 aliphatic rings. The Morgan fingerprint density at radius 3 is 2.50 bits per heavy atom. The first-order chi connectivity index (χ1) is 9.44. The minimum absolute atomic E-state index is 0.163. The summed E-state index contributed by atoms with van der Waals surface area (Å²) in [6, 6.07) is 7.47. The van der Waals surface area contributed by atoms with Crippen molar-refractivity contribution >= 4 is 0 Å². The quantitative estimate of drug-likeness (QED) is 0.745. The number of rotatable bonds is 8. The molecule has 20 heavy (non-hydrogen) atoms. The summed E-state index contributed by atoms with van der Waals surface area (Å²) in [6.45, 7) is 9.71. The molecule has 0 heterocycles. The van der Waals surface area contributed by atoms with Crippen molar-refractivity contribution in [3.8, 4) is 5.75 Å². The summed E-state index contributed by atoms with van der Waals surface area (Å²) in [7, 11) is 0. The lowest BCUT2D eigenvalue weighted by Crippen LogP contribution is -2.22. The van der Waals surface area contributed by atoms with E-state index < -0.39 is 6.10 Å². The minimum atomic E-state index is -0.688. The van der Waals surface area contributed by atoms with Gasteiger partial charge in [-0.25, -0.2) is 0 Å². The lowest BCUT2D eigenvalue weighted by Gasteiger charge is -2.20. The van der Waals surface area contributed by atoms with E-state index in [4.69, 9.17) is 14.2 Å². The number of aliphatic hydroxyl groups is 1. The monoisotopic (exact) mass is 282 g/mol. The maximum Gasteiger partial charge on any atom is 0.125 e. The third-order valence-corrected chi connectivity index (χ3v) is 2.62. The summed E-state index contributed by atoms with van der Waals surface area (Å²) in [4.78, 5) is 0. The van der Waals surface area contributed by atoms with E-state index in [1.165, 1.54) is 0 Å². The molecule has 0 aliphatic heterocycles. The van der Waals surface area contributed by atoms with Gasteiger partial charge in [-0.15, -0.1) is 0 Å². The molecule has 1 atom stereocenters. The van der Waals surface area contributed by atoms with Gasteiger partial charge in [0, 0.05) is 5.56 Å². The van der Waals surface area contributed by atoms with Gasteiger partial charge in [-0.3, -0.25) is 0 Å². The summed E-state index contributed by atoms with van der Waals surface area (Å²) in [5.41, 5.74) is 0.592. The molecule has 4 nitrogen and oxygen atoms in total. The molecule has 114 valence electrons. The third-order valence-electron chi connectivity index (χ3n) is 2.62. The van der Waals surface area contributed by atoms with Gasteiger partial charge in [0.15, 0.2) is 0 Å². The average molecular weight is 282 g/mol. The lowest BCUT2D eigenvalue weighted by molar-refractivity contribution is -0.0479. The lowest BCUT2D eigenvalue weighted by atomic mass is 10.1. The van der Waals surface area contributed by atoms with Crippen LogP contribution in [0.1, 0.15) is 39.4 Å². The molecule has 0 fully saturated rings. The van der Waals surface area contributed by atoms with Crippen LogP contribution in [0.4, 0.5) is 0 Å². The van der Waals surface area contributed by atoms with E-state index in [-0.39, 0.29) is 12.2 Å². The Kier molecular flexibility index (Phi) is 6.99. The number of para-hydroxylation sites is 1. The summed E-state index contributed by atoms with van der Waals surface area (Å²) >= 11 is 0. The highest BCUT2D eigenvalue weighted by Crippen LogP contribution is 2.25. The number of aliphatic hydroxyl groups excluding tert-OH is 1. The topological polar surface area (TPSA) is 47.9 Å². The van der Waals surface area contributed by atoms with Crippen molar-refractivity contribution in [1.82, 2.24) is 0 Å². The fourth-order valence-corrected chi connectivity index (χ4v) is 1.73. The van der Waals surface area contributed by atoms with E-state index in [9.17, 15) is 5.11 Å². The van der Waals surface area contributed by atoms with Crippen LogP contribution in [0.5, 0.6) is 5.75 Å². The molecule has 0 amide bonds. The van der Waals surface area contributed by atoms with E-state index in [2.05, 4.69) is 0 Å². The van der Waals surface area contributed by atoms with Crippen LogP contribution in [0.2, 0.25) is 0 Å². The first kappa shape index (κ1) is 17.0. The van der Waals surface area contributed by atoms with Gasteiger partial charge in [0.05, 0.1) is 32.0 Å². The summed E-state index contributed by atoms with van der Waals surface area (Å²) < 4.78 is 16.5. The molecule has 0 saturated heterocycles. The zero-order valence-corrected chi connectivity index (χ0v) is 12.9. The molecule has 4 heteroatoms. The van der Waals surface area contributed by atoms with Gasteiger partial charge >= 0.3 is 0 Å². The van der Waals surface area contributed by atoms with Gasteiger partial charge in [0.25, 0.3) is 0 Å². The number of hydrogen-bond donors (Lipinski definition) is 1. The van der Waals surface area contributed by atoms with Crippen LogP contribution in [-0.2, 0) is 9.47 Å². The third kappa shape index (κ3) is 6.37. The Balaban J connectivity index is 2.37. The van der Waals surface area contributed by atoms with Gasteiger partial charge in [-0.05, 0) is 33.8 Å². The van der Waals surface area contributed by atoms with E-state index in [0.29, 0.717) is 25.6 Å². The van der Waals surface area contributed by atoms with Crippen LogP contribution in [0.3, 0.4) is 0 Å². The second kappa shape index (κ2) is 8.25. The van der Waals surface area contributed by atoms with Crippen molar-refractivity contribution in [2.24, 2.45) is 0 Å². The van der Waals surface area contributed by atoms with Crippen LogP contribution in [0, 0.1) is 0 Å². The maximum absolute atomic E-state index is 10.1. The molecule has 1 unspecified atom stereocenters. The van der Waals surface area contributed by atoms with E-state index in [0.717, 1.165) is 5.56 Å². The SMILES string of the molecule is CCOc1ccccc1C(O)COCCOC(C)(C)C. The van der Waals surface area contributed by atoms with Crippen molar-refractivity contribution in [3.05, 3.63) is 29.8 Å². The van der Waals surface area contributed by atoms with Gasteiger partial charge in [0.1, 0.15) is 11.9 Å². The van der Waals surface area contributed by atoms with Crippen LogP contribution in [-0.4, -0.2) is 37.1 Å². The highest BCUT2D eigenvalue weighted by molar-refractivity contribution is 5.35. The van der Waals surface area contributed by atoms with Gasteiger partial charge < -0.3 is 19.3 Å². The van der Waals surface area contributed by atoms with Crippen molar-refractivity contribution in [2.45, 2.75) is 39.4 Å². The molecule has 0 spiro atoms. The molecular weight excluding hydrogens is 256 g/mol. The Morgan fingerprint density at radius 1 is 1.15 bits per heavy atom. The van der Waals surface area contributed by atoms with Gasteiger partial charge in [-0.1, -0.05) is 18.2 Å². The van der Waals surface area contributed by atoms with Gasteiger partial charge in [0.2, 0.25) is 0 Å². The summed E-state index contributed by atoms with van der Waals surface area (Å²) in [5.74, 6) is 0.706. The Labute approximate surface area is 121 Å². The molecule has 1 N–H and O–H groups in total. The molecule has 0 radical (unpaired) electrons. The molecule has 0 saturated carbocycles. The predicted octanol–water partition coefficient (Wildman–Crippen LogP) is 2.95. The number of benzene rings is 1. The van der Waals surface area contributed by atoms with E-state index in [1.54, 1.807) is 0 Å². The molecule has 1 aromatic carbocycles. The molecular formula is C16H26O4. The molecule has 1 rings (SSSR count). The highest BCUT2D eigenvalue weighted by Gasteiger charge is 2.14.